The molecule has 0 N–H and O–H groups in total. The van der Waals surface area contributed by atoms with E-state index in [-0.39, 0.29) is 0 Å². The minimum absolute atomic E-state index is 0.804. The molecule has 0 fully saturated rings. The maximum atomic E-state index is 4.50. The van der Waals surface area contributed by atoms with Gasteiger partial charge in [0.2, 0.25) is 0 Å². The van der Waals surface area contributed by atoms with Gasteiger partial charge >= 0.3 is 0 Å². The van der Waals surface area contributed by atoms with Crippen molar-refractivity contribution in [3.8, 4) is 22.6 Å². The van der Waals surface area contributed by atoms with Crippen molar-refractivity contribution in [2.75, 3.05) is 0 Å². The third kappa shape index (κ3) is 2.42. The van der Waals surface area contributed by atoms with E-state index in [1.807, 2.05) is 54.3 Å². The first-order chi connectivity index (χ1) is 9.24. The van der Waals surface area contributed by atoms with E-state index in [0.717, 1.165) is 27.2 Å². The van der Waals surface area contributed by atoms with E-state index in [1.165, 1.54) is 0 Å². The van der Waals surface area contributed by atoms with Crippen molar-refractivity contribution in [2.45, 2.75) is 0 Å². The van der Waals surface area contributed by atoms with Gasteiger partial charge in [0, 0.05) is 25.0 Å². The minimum atomic E-state index is 0.804. The summed E-state index contributed by atoms with van der Waals surface area (Å²) in [5, 5.41) is 4.50. The molecule has 0 aliphatic rings. The van der Waals surface area contributed by atoms with Crippen LogP contribution in [0, 0.1) is 0 Å². The Hall–Kier alpha value is -2.01. The Kier molecular flexibility index (Phi) is 3.13. The van der Waals surface area contributed by atoms with Gasteiger partial charge < -0.3 is 0 Å². The zero-order valence-electron chi connectivity index (χ0n) is 10.3. The Morgan fingerprint density at radius 2 is 2.00 bits per heavy atom. The summed E-state index contributed by atoms with van der Waals surface area (Å²) < 4.78 is 2.65. The van der Waals surface area contributed by atoms with E-state index in [1.54, 1.807) is 6.20 Å². The number of pyridine rings is 2. The van der Waals surface area contributed by atoms with Gasteiger partial charge in [0.25, 0.3) is 0 Å². The summed E-state index contributed by atoms with van der Waals surface area (Å²) >= 11 is 3.37. The summed E-state index contributed by atoms with van der Waals surface area (Å²) in [5.41, 5.74) is 3.76. The largest absolute Gasteiger partial charge is 0.267 e. The molecule has 0 saturated heterocycles. The molecule has 5 heteroatoms. The van der Waals surface area contributed by atoms with Crippen LogP contribution in [0.3, 0.4) is 0 Å². The Morgan fingerprint density at radius 3 is 2.74 bits per heavy atom. The Morgan fingerprint density at radius 1 is 1.11 bits per heavy atom. The molecular weight excluding hydrogens is 304 g/mol. The van der Waals surface area contributed by atoms with Crippen molar-refractivity contribution >= 4 is 15.9 Å². The lowest BCUT2D eigenvalue weighted by atomic mass is 10.2. The Bertz CT molecular complexity index is 706. The average molecular weight is 315 g/mol. The fourth-order valence-electron chi connectivity index (χ4n) is 1.93. The summed E-state index contributed by atoms with van der Waals surface area (Å²) in [6.45, 7) is 0. The van der Waals surface area contributed by atoms with E-state index >= 15 is 0 Å². The normalized spacial score (nSPS) is 10.6. The van der Waals surface area contributed by atoms with Crippen LogP contribution < -0.4 is 0 Å². The number of nitrogens with zero attached hydrogens (tertiary/aromatic N) is 4. The molecule has 0 bridgehead atoms. The van der Waals surface area contributed by atoms with Crippen molar-refractivity contribution in [2.24, 2.45) is 7.05 Å². The lowest BCUT2D eigenvalue weighted by Gasteiger charge is -1.99. The number of aryl methyl sites for hydroxylation is 1. The minimum Gasteiger partial charge on any atom is -0.267 e. The number of halogens is 1. The first-order valence-electron chi connectivity index (χ1n) is 5.81. The van der Waals surface area contributed by atoms with Crippen molar-refractivity contribution < 1.29 is 0 Å². The second-order valence-corrected chi connectivity index (χ2v) is 4.94. The molecule has 94 valence electrons. The van der Waals surface area contributed by atoms with Gasteiger partial charge in [-0.25, -0.2) is 4.98 Å². The van der Waals surface area contributed by atoms with Gasteiger partial charge in [0.1, 0.15) is 10.3 Å². The fourth-order valence-corrected chi connectivity index (χ4v) is 2.27. The monoisotopic (exact) mass is 314 g/mol. The van der Waals surface area contributed by atoms with Gasteiger partial charge in [-0.15, -0.1) is 0 Å². The van der Waals surface area contributed by atoms with Crippen LogP contribution in [0.15, 0.2) is 53.4 Å². The quantitative estimate of drug-likeness (QED) is 0.682. The topological polar surface area (TPSA) is 43.6 Å². The summed E-state index contributed by atoms with van der Waals surface area (Å²) in [6, 6.07) is 11.7. The fraction of sp³-hybridized carbons (Fsp3) is 0.0714. The van der Waals surface area contributed by atoms with Crippen LogP contribution in [0.5, 0.6) is 0 Å². The predicted octanol–water partition coefficient (Wildman–Crippen LogP) is 3.31. The maximum Gasteiger partial charge on any atom is 0.111 e. The first-order valence-corrected chi connectivity index (χ1v) is 6.61. The molecule has 3 aromatic heterocycles. The predicted molar refractivity (Wildman–Crippen MR) is 77.4 cm³/mol. The molecule has 0 spiro atoms. The first kappa shape index (κ1) is 12.0. The smallest absolute Gasteiger partial charge is 0.111 e. The van der Waals surface area contributed by atoms with Crippen LogP contribution in [0.25, 0.3) is 22.6 Å². The van der Waals surface area contributed by atoms with Crippen LogP contribution in [0.1, 0.15) is 0 Å². The summed E-state index contributed by atoms with van der Waals surface area (Å²) in [6.07, 6.45) is 3.59. The van der Waals surface area contributed by atoms with Crippen LogP contribution in [0.2, 0.25) is 0 Å². The molecule has 0 unspecified atom stereocenters. The molecule has 0 saturated carbocycles. The van der Waals surface area contributed by atoms with Crippen LogP contribution in [0.4, 0.5) is 0 Å². The zero-order valence-corrected chi connectivity index (χ0v) is 11.9. The molecule has 0 radical (unpaired) electrons. The van der Waals surface area contributed by atoms with Crippen LogP contribution >= 0.6 is 15.9 Å². The number of hydrogen-bond donors (Lipinski definition) is 0. The molecule has 4 nitrogen and oxygen atoms in total. The molecule has 3 heterocycles. The molecule has 0 aromatic carbocycles. The van der Waals surface area contributed by atoms with E-state index in [9.17, 15) is 0 Å². The molecule has 3 aromatic rings. The van der Waals surface area contributed by atoms with Gasteiger partial charge in [-0.3, -0.25) is 9.67 Å². The highest BCUT2D eigenvalue weighted by Crippen LogP contribution is 2.24. The molecule has 0 aliphatic heterocycles. The lowest BCUT2D eigenvalue weighted by molar-refractivity contribution is 0.777. The molecule has 3 rings (SSSR count). The second kappa shape index (κ2) is 4.93. The highest BCUT2D eigenvalue weighted by atomic mass is 79.9. The molecule has 0 atom stereocenters. The van der Waals surface area contributed by atoms with Crippen molar-refractivity contribution in [3.63, 3.8) is 0 Å². The highest BCUT2D eigenvalue weighted by molar-refractivity contribution is 9.10. The number of aromatic nitrogens is 4. The van der Waals surface area contributed by atoms with Gasteiger partial charge in [-0.05, 0) is 46.3 Å². The molecular formula is C14H11BrN4. The number of hydrogen-bond acceptors (Lipinski definition) is 3. The Balaban J connectivity index is 2.07. The second-order valence-electron chi connectivity index (χ2n) is 4.13. The van der Waals surface area contributed by atoms with Gasteiger partial charge in [0.05, 0.1) is 11.4 Å². The van der Waals surface area contributed by atoms with Crippen molar-refractivity contribution in [3.05, 3.63) is 53.4 Å². The average Bonchev–Trinajstić information content (AvgIpc) is 2.82. The standard InChI is InChI=1S/C14H11BrN4/c1-19-13(10-4-3-7-16-9-10)8-12(18-19)11-5-2-6-14(15)17-11/h2-9H,1H3. The SMILES string of the molecule is Cn1nc(-c2cccc(Br)n2)cc1-c1cccnc1. The van der Waals surface area contributed by atoms with Crippen molar-refractivity contribution in [1.29, 1.82) is 0 Å². The van der Waals surface area contributed by atoms with Gasteiger partial charge in [-0.1, -0.05) is 6.07 Å². The molecule has 0 amide bonds. The van der Waals surface area contributed by atoms with Crippen LogP contribution in [-0.2, 0) is 7.05 Å². The van der Waals surface area contributed by atoms with E-state index in [4.69, 9.17) is 0 Å². The summed E-state index contributed by atoms with van der Waals surface area (Å²) in [7, 11) is 1.92. The lowest BCUT2D eigenvalue weighted by Crippen LogP contribution is -1.94. The van der Waals surface area contributed by atoms with Gasteiger partial charge in [-0.2, -0.15) is 5.10 Å². The molecule has 0 aliphatic carbocycles. The van der Waals surface area contributed by atoms with E-state index in [2.05, 4.69) is 31.0 Å². The summed E-state index contributed by atoms with van der Waals surface area (Å²) in [5.74, 6) is 0. The third-order valence-electron chi connectivity index (χ3n) is 2.81. The number of rotatable bonds is 2. The van der Waals surface area contributed by atoms with E-state index < -0.39 is 0 Å². The molecule has 19 heavy (non-hydrogen) atoms. The summed E-state index contributed by atoms with van der Waals surface area (Å²) in [4.78, 5) is 8.55. The van der Waals surface area contributed by atoms with Crippen LogP contribution in [-0.4, -0.2) is 19.7 Å². The van der Waals surface area contributed by atoms with E-state index in [0.29, 0.717) is 0 Å². The zero-order chi connectivity index (χ0) is 13.2. The van der Waals surface area contributed by atoms with Gasteiger partial charge in [0.15, 0.2) is 0 Å². The maximum absolute atomic E-state index is 4.50. The highest BCUT2D eigenvalue weighted by Gasteiger charge is 2.10. The third-order valence-corrected chi connectivity index (χ3v) is 3.26. The Labute approximate surface area is 119 Å². The van der Waals surface area contributed by atoms with Crippen molar-refractivity contribution in [1.82, 2.24) is 19.7 Å².